The average molecular weight is 559 g/mol. The molecule has 0 aliphatic carbocycles. The van der Waals surface area contributed by atoms with E-state index in [0.29, 0.717) is 16.9 Å². The van der Waals surface area contributed by atoms with E-state index in [1.807, 2.05) is 0 Å². The van der Waals surface area contributed by atoms with Crippen LogP contribution in [0.4, 0.5) is 19.1 Å². The van der Waals surface area contributed by atoms with Gasteiger partial charge in [-0.2, -0.15) is 5.10 Å². The van der Waals surface area contributed by atoms with Gasteiger partial charge in [0.05, 0.1) is 38.1 Å². The molecule has 0 bridgehead atoms. The number of hydrogen-bond donors (Lipinski definition) is 1. The van der Waals surface area contributed by atoms with Crippen LogP contribution in [-0.4, -0.2) is 79.1 Å². The molecule has 16 heteroatoms. The summed E-state index contributed by atoms with van der Waals surface area (Å²) in [4.78, 5) is 23.0. The molecule has 1 fully saturated rings. The van der Waals surface area contributed by atoms with Crippen LogP contribution in [-0.2, 0) is 24.4 Å². The Kier molecular flexibility index (Phi) is 7.59. The molecule has 1 N–H and O–H groups in total. The minimum absolute atomic E-state index is 0.000598. The fourth-order valence-corrected chi connectivity index (χ4v) is 4.33. The van der Waals surface area contributed by atoms with Gasteiger partial charge in [-0.1, -0.05) is 0 Å². The summed E-state index contributed by atoms with van der Waals surface area (Å²) >= 11 is 0. The Hall–Kier alpha value is -4.60. The molecule has 1 amide bonds. The normalized spacial score (nSPS) is 14.5. The molecule has 0 radical (unpaired) electrons. The number of ether oxygens (including phenoxy) is 2. The van der Waals surface area contributed by atoms with Crippen LogP contribution in [0.15, 0.2) is 37.1 Å². The number of tetrazole rings is 1. The Labute approximate surface area is 225 Å². The maximum Gasteiger partial charge on any atom is 0.267 e. The van der Waals surface area contributed by atoms with Crippen LogP contribution in [0.25, 0.3) is 5.69 Å². The highest BCUT2D eigenvalue weighted by atomic mass is 19.3. The van der Waals surface area contributed by atoms with E-state index in [4.69, 9.17) is 9.47 Å². The van der Waals surface area contributed by atoms with Gasteiger partial charge in [-0.05, 0) is 22.6 Å². The van der Waals surface area contributed by atoms with E-state index in [9.17, 15) is 13.6 Å². The molecule has 1 aliphatic rings. The number of methoxy groups -OCH3 is 2. The molecule has 210 valence electrons. The Morgan fingerprint density at radius 3 is 2.65 bits per heavy atom. The molecular weight excluding hydrogens is 533 g/mol. The van der Waals surface area contributed by atoms with Gasteiger partial charge < -0.3 is 19.7 Å². The molecular formula is C24H25F3N10O3. The predicted octanol–water partition coefficient (Wildman–Crippen LogP) is 1.77. The zero-order valence-corrected chi connectivity index (χ0v) is 21.6. The van der Waals surface area contributed by atoms with Crippen molar-refractivity contribution in [3.05, 3.63) is 65.3 Å². The molecule has 0 atom stereocenters. The summed E-state index contributed by atoms with van der Waals surface area (Å²) in [5.41, 5.74) is 1.69. The van der Waals surface area contributed by atoms with Crippen molar-refractivity contribution in [1.82, 2.24) is 45.3 Å². The monoisotopic (exact) mass is 558 g/mol. The van der Waals surface area contributed by atoms with Crippen LogP contribution in [0, 0.1) is 5.82 Å². The number of alkyl halides is 2. The lowest BCUT2D eigenvalue weighted by molar-refractivity contribution is 0.0256. The zero-order valence-electron chi connectivity index (χ0n) is 21.6. The summed E-state index contributed by atoms with van der Waals surface area (Å²) in [7, 11) is 2.81. The molecule has 1 saturated heterocycles. The van der Waals surface area contributed by atoms with Gasteiger partial charge in [-0.25, -0.2) is 27.8 Å². The Morgan fingerprint density at radius 2 is 2.00 bits per heavy atom. The van der Waals surface area contributed by atoms with Crippen molar-refractivity contribution in [3.8, 4) is 11.4 Å². The van der Waals surface area contributed by atoms with Gasteiger partial charge in [0.1, 0.15) is 12.0 Å². The first-order valence-corrected chi connectivity index (χ1v) is 12.1. The number of carbonyl (C=O) groups is 1. The van der Waals surface area contributed by atoms with Crippen molar-refractivity contribution >= 4 is 11.9 Å². The number of benzene rings is 1. The predicted molar refractivity (Wildman–Crippen MR) is 133 cm³/mol. The van der Waals surface area contributed by atoms with E-state index in [2.05, 4.69) is 35.9 Å². The minimum Gasteiger partial charge on any atom is -0.494 e. The first-order chi connectivity index (χ1) is 19.3. The van der Waals surface area contributed by atoms with Crippen molar-refractivity contribution in [2.24, 2.45) is 0 Å². The number of amides is 1. The molecule has 40 heavy (non-hydrogen) atoms. The van der Waals surface area contributed by atoms with Gasteiger partial charge in [0.15, 0.2) is 11.6 Å². The van der Waals surface area contributed by atoms with Crippen LogP contribution in [0.1, 0.15) is 33.6 Å². The number of aromatic nitrogens is 8. The van der Waals surface area contributed by atoms with E-state index in [1.54, 1.807) is 6.07 Å². The molecule has 0 spiro atoms. The summed E-state index contributed by atoms with van der Waals surface area (Å²) < 4.78 is 55.3. The van der Waals surface area contributed by atoms with E-state index in [-0.39, 0.29) is 55.5 Å². The number of halogens is 3. The highest BCUT2D eigenvalue weighted by molar-refractivity contribution is 5.95. The van der Waals surface area contributed by atoms with Gasteiger partial charge in [-0.3, -0.25) is 9.48 Å². The fourth-order valence-electron chi connectivity index (χ4n) is 4.33. The smallest absolute Gasteiger partial charge is 0.267 e. The SMILES string of the molecule is COCc1nn(Cc2cnc(N3CCC(F)(F)C3)nc2)cc1C(=O)NCc1c(-n2cnnn2)ccc(OC)c1F. The lowest BCUT2D eigenvalue weighted by atomic mass is 10.1. The highest BCUT2D eigenvalue weighted by Crippen LogP contribution is 2.29. The van der Waals surface area contributed by atoms with Crippen molar-refractivity contribution < 1.29 is 27.4 Å². The zero-order chi connectivity index (χ0) is 28.3. The van der Waals surface area contributed by atoms with Gasteiger partial charge in [0.2, 0.25) is 5.95 Å². The second-order valence-corrected chi connectivity index (χ2v) is 9.06. The quantitative estimate of drug-likeness (QED) is 0.306. The van der Waals surface area contributed by atoms with Crippen molar-refractivity contribution in [3.63, 3.8) is 0 Å². The van der Waals surface area contributed by atoms with Crippen LogP contribution in [0.5, 0.6) is 5.75 Å². The third kappa shape index (κ3) is 5.70. The number of hydrogen-bond acceptors (Lipinski definition) is 10. The van der Waals surface area contributed by atoms with Crippen molar-refractivity contribution in [2.75, 3.05) is 32.2 Å². The lowest BCUT2D eigenvalue weighted by Gasteiger charge is -2.15. The van der Waals surface area contributed by atoms with E-state index < -0.39 is 24.2 Å². The molecule has 4 heterocycles. The standard InChI is InChI=1S/C24H25F3N10O3/c1-39-12-18-17(11-36(32-18)10-15-7-29-23(30-8-15)35-6-5-24(26,27)13-35)22(38)28-9-16-19(37-14-31-33-34-37)3-4-20(40-2)21(16)25/h3-4,7-8,11,14H,5-6,9-10,12-13H2,1-2H3,(H,28,38). The van der Waals surface area contributed by atoms with Gasteiger partial charge in [0, 0.05) is 56.3 Å². The van der Waals surface area contributed by atoms with E-state index >= 15 is 4.39 Å². The maximum absolute atomic E-state index is 15.1. The molecule has 1 aliphatic heterocycles. The number of nitrogens with one attached hydrogen (secondary N) is 1. The van der Waals surface area contributed by atoms with Crippen LogP contribution in [0.3, 0.4) is 0 Å². The van der Waals surface area contributed by atoms with E-state index in [0.717, 1.165) is 0 Å². The Bertz CT molecular complexity index is 1480. The van der Waals surface area contributed by atoms with Crippen LogP contribution < -0.4 is 15.0 Å². The summed E-state index contributed by atoms with van der Waals surface area (Å²) in [6, 6.07) is 3.02. The first-order valence-electron chi connectivity index (χ1n) is 12.1. The molecule has 5 rings (SSSR count). The maximum atomic E-state index is 15.1. The topological polar surface area (TPSA) is 138 Å². The summed E-state index contributed by atoms with van der Waals surface area (Å²) in [6.07, 6.45) is 5.67. The van der Waals surface area contributed by atoms with Crippen LogP contribution >= 0.6 is 0 Å². The average Bonchev–Trinajstić information content (AvgIpc) is 3.69. The molecule has 13 nitrogen and oxygen atoms in total. The minimum atomic E-state index is -2.75. The summed E-state index contributed by atoms with van der Waals surface area (Å²) in [5, 5.41) is 18.1. The van der Waals surface area contributed by atoms with Crippen molar-refractivity contribution in [1.29, 1.82) is 0 Å². The van der Waals surface area contributed by atoms with E-state index in [1.165, 1.54) is 59.5 Å². The Morgan fingerprint density at radius 1 is 1.20 bits per heavy atom. The molecule has 0 saturated carbocycles. The first kappa shape index (κ1) is 27.0. The fraction of sp³-hybridized carbons (Fsp3) is 0.375. The molecule has 1 aromatic carbocycles. The summed E-state index contributed by atoms with van der Waals surface area (Å²) in [5.74, 6) is -3.69. The van der Waals surface area contributed by atoms with Crippen molar-refractivity contribution in [2.45, 2.75) is 32.0 Å². The third-order valence-corrected chi connectivity index (χ3v) is 6.28. The summed E-state index contributed by atoms with van der Waals surface area (Å²) in [6.45, 7) is -0.159. The number of nitrogens with zero attached hydrogens (tertiary/aromatic N) is 9. The second-order valence-electron chi connectivity index (χ2n) is 9.06. The second kappa shape index (κ2) is 11.3. The van der Waals surface area contributed by atoms with Gasteiger partial charge >= 0.3 is 0 Å². The highest BCUT2D eigenvalue weighted by Gasteiger charge is 2.39. The molecule has 0 unspecified atom stereocenters. The Balaban J connectivity index is 1.31. The van der Waals surface area contributed by atoms with Gasteiger partial charge in [-0.15, -0.1) is 5.10 Å². The molecule has 3 aromatic heterocycles. The third-order valence-electron chi connectivity index (χ3n) is 6.28. The number of anilines is 1. The van der Waals surface area contributed by atoms with Crippen LogP contribution in [0.2, 0.25) is 0 Å². The molecule has 4 aromatic rings. The largest absolute Gasteiger partial charge is 0.494 e. The number of rotatable bonds is 10. The van der Waals surface area contributed by atoms with Gasteiger partial charge in [0.25, 0.3) is 11.8 Å². The lowest BCUT2D eigenvalue weighted by Crippen LogP contribution is -2.26. The number of carbonyl (C=O) groups excluding carboxylic acids is 1.